The van der Waals surface area contributed by atoms with E-state index in [1.165, 1.54) is 0 Å². The Balaban J connectivity index is 4.41. The number of rotatable bonds is 10. The van der Waals surface area contributed by atoms with E-state index in [9.17, 15) is 4.79 Å². The van der Waals surface area contributed by atoms with Crippen LogP contribution in [0.5, 0.6) is 0 Å². The average molecular weight is 359 g/mol. The molecule has 0 rings (SSSR count). The average Bonchev–Trinajstić information content (AvgIpc) is 2.48. The van der Waals surface area contributed by atoms with Crippen LogP contribution < -0.4 is 10.6 Å². The van der Waals surface area contributed by atoms with Crippen molar-refractivity contribution in [2.45, 2.75) is 66.5 Å². The first-order valence-corrected chi connectivity index (χ1v) is 9.30. The molecule has 7 nitrogen and oxygen atoms in total. The second-order valence-electron chi connectivity index (χ2n) is 7.01. The molecule has 0 saturated carbocycles. The predicted molar refractivity (Wildman–Crippen MR) is 103 cm³/mol. The molecular formula is C18H38N4O3. The van der Waals surface area contributed by atoms with Crippen molar-refractivity contribution in [3.8, 4) is 0 Å². The van der Waals surface area contributed by atoms with Crippen molar-refractivity contribution in [1.82, 2.24) is 15.5 Å². The van der Waals surface area contributed by atoms with Gasteiger partial charge in [-0.25, -0.2) is 4.79 Å². The molecule has 0 aliphatic carbocycles. The quantitative estimate of drug-likeness (QED) is 0.357. The third-order valence-electron chi connectivity index (χ3n) is 3.17. The molecular weight excluding hydrogens is 320 g/mol. The molecule has 2 N–H and O–H groups in total. The number of nitrogens with zero attached hydrogens (tertiary/aromatic N) is 2. The lowest BCUT2D eigenvalue weighted by Crippen LogP contribution is -2.42. The van der Waals surface area contributed by atoms with Gasteiger partial charge in [0.1, 0.15) is 5.60 Å². The second kappa shape index (κ2) is 12.8. The Hall–Kier alpha value is -1.50. The molecule has 0 unspecified atom stereocenters. The molecule has 0 fully saturated rings. The van der Waals surface area contributed by atoms with Gasteiger partial charge in [-0.2, -0.15) is 0 Å². The first kappa shape index (κ1) is 23.5. The van der Waals surface area contributed by atoms with E-state index in [0.717, 1.165) is 25.5 Å². The summed E-state index contributed by atoms with van der Waals surface area (Å²) in [7, 11) is 0. The van der Waals surface area contributed by atoms with E-state index >= 15 is 0 Å². The lowest BCUT2D eigenvalue weighted by molar-refractivity contribution is 0.0190. The Morgan fingerprint density at radius 3 is 2.40 bits per heavy atom. The number of amides is 1. The standard InChI is InChI=1S/C18H38N4O3/c1-8-19-16(21-12-14-24-9-2)20-11-10-13-22(15(3)4)17(23)25-18(5,6)7/h15H,8-14H2,1-7H3,(H2,19,20,21). The zero-order valence-electron chi connectivity index (χ0n) is 17.1. The van der Waals surface area contributed by atoms with Crippen LogP contribution >= 0.6 is 0 Å². The van der Waals surface area contributed by atoms with E-state index in [0.29, 0.717) is 26.3 Å². The first-order chi connectivity index (χ1) is 11.7. The third kappa shape index (κ3) is 12.5. The molecule has 0 radical (unpaired) electrons. The van der Waals surface area contributed by atoms with Gasteiger partial charge in [-0.15, -0.1) is 0 Å². The molecule has 0 aliphatic heterocycles. The minimum Gasteiger partial charge on any atom is -0.444 e. The van der Waals surface area contributed by atoms with Gasteiger partial charge in [-0.1, -0.05) is 0 Å². The number of nitrogens with one attached hydrogen (secondary N) is 2. The molecule has 148 valence electrons. The number of ether oxygens (including phenoxy) is 2. The van der Waals surface area contributed by atoms with E-state index in [1.54, 1.807) is 4.90 Å². The molecule has 0 atom stereocenters. The molecule has 0 aromatic rings. The SMILES string of the molecule is CCNC(=NCCCN(C(=O)OC(C)(C)C)C(C)C)NCCOCC. The van der Waals surface area contributed by atoms with Crippen molar-refractivity contribution >= 4 is 12.1 Å². The van der Waals surface area contributed by atoms with E-state index in [1.807, 2.05) is 48.5 Å². The van der Waals surface area contributed by atoms with Crippen LogP contribution in [0.15, 0.2) is 4.99 Å². The molecule has 0 saturated heterocycles. The van der Waals surface area contributed by atoms with Gasteiger partial charge in [0.25, 0.3) is 0 Å². The Labute approximate surface area is 153 Å². The van der Waals surface area contributed by atoms with Gasteiger partial charge in [0.05, 0.1) is 6.61 Å². The Bertz CT molecular complexity index is 392. The highest BCUT2D eigenvalue weighted by Crippen LogP contribution is 2.12. The fourth-order valence-electron chi connectivity index (χ4n) is 2.04. The van der Waals surface area contributed by atoms with Crippen LogP contribution in [0.25, 0.3) is 0 Å². The van der Waals surface area contributed by atoms with Crippen molar-refractivity contribution < 1.29 is 14.3 Å². The summed E-state index contributed by atoms with van der Waals surface area (Å²) in [6.07, 6.45) is 0.507. The molecule has 0 aromatic heterocycles. The lowest BCUT2D eigenvalue weighted by atomic mass is 10.2. The number of guanidine groups is 1. The summed E-state index contributed by atoms with van der Waals surface area (Å²) in [5.74, 6) is 0.774. The van der Waals surface area contributed by atoms with Gasteiger partial charge in [0.15, 0.2) is 5.96 Å². The Morgan fingerprint density at radius 1 is 1.20 bits per heavy atom. The molecule has 0 heterocycles. The van der Waals surface area contributed by atoms with Gasteiger partial charge in [0, 0.05) is 38.8 Å². The number of aliphatic imine (C=N–C) groups is 1. The molecule has 25 heavy (non-hydrogen) atoms. The van der Waals surface area contributed by atoms with Gasteiger partial charge in [0.2, 0.25) is 0 Å². The summed E-state index contributed by atoms with van der Waals surface area (Å²) in [6.45, 7) is 17.8. The highest BCUT2D eigenvalue weighted by molar-refractivity contribution is 5.79. The van der Waals surface area contributed by atoms with Crippen LogP contribution in [-0.2, 0) is 9.47 Å². The van der Waals surface area contributed by atoms with E-state index in [4.69, 9.17) is 9.47 Å². The van der Waals surface area contributed by atoms with Crippen molar-refractivity contribution in [3.05, 3.63) is 0 Å². The zero-order chi connectivity index (χ0) is 19.3. The van der Waals surface area contributed by atoms with E-state index in [2.05, 4.69) is 15.6 Å². The van der Waals surface area contributed by atoms with Crippen molar-refractivity contribution in [2.24, 2.45) is 4.99 Å². The van der Waals surface area contributed by atoms with Crippen molar-refractivity contribution in [1.29, 1.82) is 0 Å². The van der Waals surface area contributed by atoms with Crippen LogP contribution in [0.4, 0.5) is 4.79 Å². The first-order valence-electron chi connectivity index (χ1n) is 9.30. The van der Waals surface area contributed by atoms with Crippen molar-refractivity contribution in [2.75, 3.05) is 39.4 Å². The molecule has 0 bridgehead atoms. The largest absolute Gasteiger partial charge is 0.444 e. The number of hydrogen-bond acceptors (Lipinski definition) is 4. The van der Waals surface area contributed by atoms with E-state index < -0.39 is 5.60 Å². The maximum Gasteiger partial charge on any atom is 0.410 e. The smallest absolute Gasteiger partial charge is 0.410 e. The third-order valence-corrected chi connectivity index (χ3v) is 3.17. The Morgan fingerprint density at radius 2 is 1.88 bits per heavy atom. The molecule has 7 heteroatoms. The predicted octanol–water partition coefficient (Wildman–Crippen LogP) is 2.61. The van der Waals surface area contributed by atoms with Crippen LogP contribution in [0.3, 0.4) is 0 Å². The van der Waals surface area contributed by atoms with Crippen LogP contribution in [0.1, 0.15) is 54.9 Å². The summed E-state index contributed by atoms with van der Waals surface area (Å²) < 4.78 is 10.8. The van der Waals surface area contributed by atoms with Crippen molar-refractivity contribution in [3.63, 3.8) is 0 Å². The molecule has 0 aromatic carbocycles. The molecule has 1 amide bonds. The van der Waals surface area contributed by atoms with Crippen LogP contribution in [-0.4, -0.2) is 68.0 Å². The lowest BCUT2D eigenvalue weighted by Gasteiger charge is -2.30. The van der Waals surface area contributed by atoms with Crippen LogP contribution in [0.2, 0.25) is 0 Å². The number of carbonyl (C=O) groups is 1. The summed E-state index contributed by atoms with van der Waals surface area (Å²) in [6, 6.07) is 0.0939. The molecule has 0 spiro atoms. The van der Waals surface area contributed by atoms with Gasteiger partial charge < -0.3 is 25.0 Å². The van der Waals surface area contributed by atoms with Gasteiger partial charge >= 0.3 is 6.09 Å². The van der Waals surface area contributed by atoms with Gasteiger partial charge in [-0.05, 0) is 54.9 Å². The fraction of sp³-hybridized carbons (Fsp3) is 0.889. The maximum absolute atomic E-state index is 12.3. The minimum absolute atomic E-state index is 0.0939. The highest BCUT2D eigenvalue weighted by Gasteiger charge is 2.23. The van der Waals surface area contributed by atoms with E-state index in [-0.39, 0.29) is 12.1 Å². The Kier molecular flexibility index (Phi) is 12.0. The monoisotopic (exact) mass is 358 g/mol. The minimum atomic E-state index is -0.481. The summed E-state index contributed by atoms with van der Waals surface area (Å²) in [5.41, 5.74) is -0.481. The summed E-state index contributed by atoms with van der Waals surface area (Å²) in [4.78, 5) is 18.5. The normalized spacial score (nSPS) is 12.2. The maximum atomic E-state index is 12.3. The molecule has 0 aliphatic rings. The highest BCUT2D eigenvalue weighted by atomic mass is 16.6. The summed E-state index contributed by atoms with van der Waals surface area (Å²) >= 11 is 0. The topological polar surface area (TPSA) is 75.2 Å². The van der Waals surface area contributed by atoms with Gasteiger partial charge in [-0.3, -0.25) is 4.99 Å². The summed E-state index contributed by atoms with van der Waals surface area (Å²) in [5, 5.41) is 6.43. The fourth-order valence-corrected chi connectivity index (χ4v) is 2.04. The second-order valence-corrected chi connectivity index (χ2v) is 7.01. The zero-order valence-corrected chi connectivity index (χ0v) is 17.1. The number of hydrogen-bond donors (Lipinski definition) is 2. The van der Waals surface area contributed by atoms with Crippen LogP contribution in [0, 0.1) is 0 Å². The number of carbonyl (C=O) groups excluding carboxylic acids is 1.